The second-order valence-corrected chi connectivity index (χ2v) is 18.5. The van der Waals surface area contributed by atoms with Gasteiger partial charge in [-0.3, -0.25) is 52.7 Å². The molecule has 1 aromatic carbocycles. The number of aromatic hydroxyl groups is 1. The van der Waals surface area contributed by atoms with Crippen LogP contribution in [0.25, 0.3) is 0 Å². The van der Waals surface area contributed by atoms with Gasteiger partial charge in [0.1, 0.15) is 42.0 Å². The zero-order valence-electron chi connectivity index (χ0n) is 37.9. The first kappa shape index (κ1) is 56.3. The van der Waals surface area contributed by atoms with Gasteiger partial charge >= 0.3 is 0 Å². The fourth-order valence-electron chi connectivity index (χ4n) is 6.63. The number of primary amides is 3. The molecule has 1 aliphatic heterocycles. The summed E-state index contributed by atoms with van der Waals surface area (Å²) >= 11 is 0. The number of benzene rings is 1. The zero-order valence-corrected chi connectivity index (χ0v) is 38.7. The van der Waals surface area contributed by atoms with Gasteiger partial charge in [-0.2, -0.15) is 0 Å². The minimum absolute atomic E-state index is 0.0927. The second-order valence-electron chi connectivity index (χ2n) is 16.2. The molecule has 1 aromatic rings. The monoisotopic (exact) mass is 965 g/mol. The van der Waals surface area contributed by atoms with Gasteiger partial charge in [0.25, 0.3) is 0 Å². The molecule has 2 rings (SSSR count). The summed E-state index contributed by atoms with van der Waals surface area (Å²) in [5, 5.41) is 26.6. The van der Waals surface area contributed by atoms with Crippen molar-refractivity contribution in [2.75, 3.05) is 31.6 Å². The van der Waals surface area contributed by atoms with E-state index in [4.69, 9.17) is 17.2 Å². The van der Waals surface area contributed by atoms with E-state index < -0.39 is 174 Å². The molecule has 0 aromatic heterocycles. The highest BCUT2D eigenvalue weighted by molar-refractivity contribution is 7.91. The predicted molar refractivity (Wildman–Crippen MR) is 238 cm³/mol. The Labute approximate surface area is 387 Å². The Hall–Kier alpha value is -6.86. The minimum atomic E-state index is -4.27. The van der Waals surface area contributed by atoms with Gasteiger partial charge in [-0.1, -0.05) is 45.7 Å². The number of likely N-dealkylation sites (N-methyl/N-ethyl adjacent to an activating group) is 1. The maximum absolute atomic E-state index is 14.0. The summed E-state index contributed by atoms with van der Waals surface area (Å²) in [6.07, 6.45) is -2.58. The van der Waals surface area contributed by atoms with Crippen LogP contribution < -0.4 is 54.4 Å². The number of nitrogens with one attached hydrogen (secondary N) is 7. The number of carbonyl (C=O) groups excluding carboxylic acids is 11. The Morgan fingerprint density at radius 3 is 2.00 bits per heavy atom. The number of nitrogens with two attached hydrogens (primary N) is 3. The summed E-state index contributed by atoms with van der Waals surface area (Å²) in [5.41, 5.74) is 16.3. The molecule has 0 bridgehead atoms. The molecule has 1 aliphatic rings. The van der Waals surface area contributed by atoms with Gasteiger partial charge in [0.05, 0.1) is 31.0 Å². The Kier molecular flexibility index (Phi) is 22.6. The number of nitrogens with zero attached hydrogens (tertiary/aromatic N) is 1. The Morgan fingerprint density at radius 2 is 1.42 bits per heavy atom. The van der Waals surface area contributed by atoms with Crippen LogP contribution in [-0.2, 0) is 69.0 Å². The summed E-state index contributed by atoms with van der Waals surface area (Å²) in [4.78, 5) is 145. The summed E-state index contributed by atoms with van der Waals surface area (Å²) in [6, 6.07) is -3.67. The molecule has 0 spiro atoms. The van der Waals surface area contributed by atoms with Crippen LogP contribution in [0.4, 0.5) is 0 Å². The van der Waals surface area contributed by atoms with E-state index >= 15 is 0 Å². The number of hydrogen-bond acceptors (Lipinski definition) is 14. The van der Waals surface area contributed by atoms with E-state index in [2.05, 4.69) is 37.2 Å². The number of carbonyl (C=O) groups is 11. The number of rotatable bonds is 18. The molecule has 0 unspecified atom stereocenters. The maximum Gasteiger partial charge on any atom is 0.245 e. The van der Waals surface area contributed by atoms with E-state index in [-0.39, 0.29) is 18.6 Å². The van der Waals surface area contributed by atoms with E-state index in [9.17, 15) is 66.3 Å². The zero-order chi connectivity index (χ0) is 50.6. The first-order valence-electron chi connectivity index (χ1n) is 21.5. The lowest BCUT2D eigenvalue weighted by atomic mass is 9.96. The molecular weight excluding hydrogens is 903 g/mol. The molecule has 1 saturated heterocycles. The Morgan fingerprint density at radius 1 is 0.806 bits per heavy atom. The SMILES string of the molecule is CCC[C@H](NC(=O)CN(C)C(=O)[C@@H]1CCS(=O)(=O)CCC(=O)N[C@@H](Cc2ccc(O)cc2)C(=O)N[C@@H]([C@@H](C)CC)C(=O)N[C@@H](CCC(N)=O)C(=O)N[C@@H](CC(N)=O)C(=O)N1)C(=O)NCC(N)=O. The van der Waals surface area contributed by atoms with Crippen LogP contribution in [0.3, 0.4) is 0 Å². The number of phenolic OH excluding ortho intramolecular Hbond substituents is 1. The molecule has 14 N–H and O–H groups in total. The third-order valence-corrected chi connectivity index (χ3v) is 12.3. The number of phenols is 1. The number of amides is 11. The topological polar surface area (TPSA) is 408 Å². The smallest absolute Gasteiger partial charge is 0.245 e. The lowest BCUT2D eigenvalue weighted by Gasteiger charge is -2.29. The highest BCUT2D eigenvalue weighted by Gasteiger charge is 2.36. The highest BCUT2D eigenvalue weighted by Crippen LogP contribution is 2.15. The Bertz CT molecular complexity index is 2100. The largest absolute Gasteiger partial charge is 0.508 e. The fourth-order valence-corrected chi connectivity index (χ4v) is 7.93. The molecule has 67 heavy (non-hydrogen) atoms. The fraction of sp³-hybridized carbons (Fsp3) is 0.585. The van der Waals surface area contributed by atoms with Gasteiger partial charge < -0.3 is 64.4 Å². The van der Waals surface area contributed by atoms with Crippen molar-refractivity contribution in [2.45, 2.75) is 115 Å². The lowest BCUT2D eigenvalue weighted by Crippen LogP contribution is -2.61. The van der Waals surface area contributed by atoms with E-state index in [1.807, 2.05) is 0 Å². The minimum Gasteiger partial charge on any atom is -0.508 e. The quantitative estimate of drug-likeness (QED) is 0.0658. The molecule has 0 aliphatic carbocycles. The van der Waals surface area contributed by atoms with E-state index in [1.165, 1.54) is 24.3 Å². The third-order valence-electron chi connectivity index (χ3n) is 10.6. The molecular formula is C41H63N11O14S. The van der Waals surface area contributed by atoms with Crippen LogP contribution in [0.1, 0.15) is 77.7 Å². The van der Waals surface area contributed by atoms with Crippen molar-refractivity contribution in [3.8, 4) is 5.75 Å². The molecule has 25 nitrogen and oxygen atoms in total. The van der Waals surface area contributed by atoms with Crippen molar-refractivity contribution < 1.29 is 66.3 Å². The molecule has 1 fully saturated rings. The molecule has 372 valence electrons. The normalized spacial score (nSPS) is 21.9. The van der Waals surface area contributed by atoms with E-state index in [0.29, 0.717) is 18.4 Å². The molecule has 11 amide bonds. The summed E-state index contributed by atoms with van der Waals surface area (Å²) in [5.74, 6) is -13.0. The first-order valence-corrected chi connectivity index (χ1v) is 23.3. The summed E-state index contributed by atoms with van der Waals surface area (Å²) in [6.45, 7) is 3.75. The molecule has 0 saturated carbocycles. The summed E-state index contributed by atoms with van der Waals surface area (Å²) < 4.78 is 26.9. The Balaban J connectivity index is 2.63. The van der Waals surface area contributed by atoms with Crippen molar-refractivity contribution in [1.82, 2.24) is 42.1 Å². The molecule has 7 atom stereocenters. The van der Waals surface area contributed by atoms with Gasteiger partial charge in [-0.25, -0.2) is 8.42 Å². The lowest BCUT2D eigenvalue weighted by molar-refractivity contribution is -0.140. The van der Waals surface area contributed by atoms with Crippen LogP contribution in [0, 0.1) is 5.92 Å². The number of hydrogen-bond donors (Lipinski definition) is 11. The van der Waals surface area contributed by atoms with E-state index in [1.54, 1.807) is 20.8 Å². The predicted octanol–water partition coefficient (Wildman–Crippen LogP) is -4.90. The van der Waals surface area contributed by atoms with Gasteiger partial charge in [0.2, 0.25) is 65.0 Å². The maximum atomic E-state index is 14.0. The first-order chi connectivity index (χ1) is 31.4. The van der Waals surface area contributed by atoms with Crippen LogP contribution in [0.5, 0.6) is 5.75 Å². The third kappa shape index (κ3) is 20.0. The van der Waals surface area contributed by atoms with Crippen molar-refractivity contribution in [1.29, 1.82) is 0 Å². The van der Waals surface area contributed by atoms with Crippen molar-refractivity contribution in [3.05, 3.63) is 29.8 Å². The van der Waals surface area contributed by atoms with E-state index in [0.717, 1.165) is 11.9 Å². The molecule has 26 heteroatoms. The highest BCUT2D eigenvalue weighted by atomic mass is 32.2. The second kappa shape index (κ2) is 26.9. The van der Waals surface area contributed by atoms with Crippen molar-refractivity contribution in [2.24, 2.45) is 23.1 Å². The molecule has 1 heterocycles. The van der Waals surface area contributed by atoms with Gasteiger partial charge in [0.15, 0.2) is 9.84 Å². The number of sulfone groups is 1. The van der Waals surface area contributed by atoms with Crippen LogP contribution in [0.15, 0.2) is 24.3 Å². The van der Waals surface area contributed by atoms with Crippen molar-refractivity contribution >= 4 is 74.8 Å². The van der Waals surface area contributed by atoms with Crippen molar-refractivity contribution in [3.63, 3.8) is 0 Å². The van der Waals surface area contributed by atoms with Gasteiger partial charge in [-0.15, -0.1) is 0 Å². The van der Waals surface area contributed by atoms with Crippen LogP contribution in [0.2, 0.25) is 0 Å². The van der Waals surface area contributed by atoms with Gasteiger partial charge in [-0.05, 0) is 42.9 Å². The van der Waals surface area contributed by atoms with Crippen LogP contribution >= 0.6 is 0 Å². The standard InChI is InChI=1S/C41H63N11O14S/c1-5-7-25(36(59)45-20-32(44)56)46-34(58)21-52(4)41(64)27-14-16-67(65,66)17-15-33(57)47-28(18-23-8-10-24(53)11-9-23)39(62)51-35(22(3)6-2)40(63)48-26(12-13-30(42)54)37(60)50-29(19-31(43)55)38(61)49-27/h8-11,22,25-29,35,53H,5-7,12-21H2,1-4H3,(H2,42,54)(H2,43,55)(H2,44,56)(H,45,59)(H,46,58)(H,47,57)(H,48,63)(H,49,61)(H,50,60)(H,51,62)/t22-,25-,26-,27-,28-,29-,35-/m0/s1. The average molecular weight is 966 g/mol. The van der Waals surface area contributed by atoms with Crippen LogP contribution in [-0.4, -0.2) is 151 Å². The average Bonchev–Trinajstić information content (AvgIpc) is 3.25. The summed E-state index contributed by atoms with van der Waals surface area (Å²) in [7, 11) is -3.15. The van der Waals surface area contributed by atoms with Gasteiger partial charge in [0, 0.05) is 26.3 Å². The molecule has 0 radical (unpaired) electrons.